The molecular formula is C27H41NO8. The summed E-state index contributed by atoms with van der Waals surface area (Å²) < 4.78 is 16.3. The summed E-state index contributed by atoms with van der Waals surface area (Å²) in [5.74, 6) is -3.39. The van der Waals surface area contributed by atoms with E-state index in [1.165, 1.54) is 12.1 Å². The van der Waals surface area contributed by atoms with Gasteiger partial charge < -0.3 is 25.1 Å². The smallest absolute Gasteiger partial charge is 0.324 e. The molecule has 0 radical (unpaired) electrons. The third-order valence-electron chi connectivity index (χ3n) is 6.39. The lowest BCUT2D eigenvalue weighted by atomic mass is 9.86. The quantitative estimate of drug-likeness (QED) is 0.297. The van der Waals surface area contributed by atoms with Gasteiger partial charge in [-0.25, -0.2) is 0 Å². The number of carbonyl (C=O) groups excluding carboxylic acids is 3. The fourth-order valence-electron chi connectivity index (χ4n) is 3.24. The summed E-state index contributed by atoms with van der Waals surface area (Å²) in [5, 5.41) is 9.85. The largest absolute Gasteiger partial charge is 0.480 e. The van der Waals surface area contributed by atoms with E-state index in [0.717, 1.165) is 0 Å². The molecule has 0 saturated heterocycles. The van der Waals surface area contributed by atoms with Crippen LogP contribution in [0, 0.1) is 23.7 Å². The highest BCUT2D eigenvalue weighted by molar-refractivity contribution is 5.80. The van der Waals surface area contributed by atoms with Crippen LogP contribution in [-0.2, 0) is 30.3 Å². The Kier molecular flexibility index (Phi) is 11.6. The third-order valence-corrected chi connectivity index (χ3v) is 6.39. The second kappa shape index (κ2) is 13.4. The molecule has 0 aromatic heterocycles. The van der Waals surface area contributed by atoms with Gasteiger partial charge in [-0.05, 0) is 36.5 Å². The van der Waals surface area contributed by atoms with Crippen molar-refractivity contribution in [1.29, 1.82) is 0 Å². The predicted octanol–water partition coefficient (Wildman–Crippen LogP) is 4.14. The first-order valence-electron chi connectivity index (χ1n) is 12.4. The van der Waals surface area contributed by atoms with Crippen molar-refractivity contribution >= 4 is 23.9 Å². The Balaban J connectivity index is 3.32. The van der Waals surface area contributed by atoms with Crippen LogP contribution in [0.4, 0.5) is 0 Å². The van der Waals surface area contributed by atoms with Gasteiger partial charge in [0.1, 0.15) is 11.6 Å². The number of hydrogen-bond donors (Lipinski definition) is 2. The van der Waals surface area contributed by atoms with Crippen molar-refractivity contribution in [1.82, 2.24) is 0 Å². The van der Waals surface area contributed by atoms with Gasteiger partial charge in [0.05, 0.1) is 11.8 Å². The predicted molar refractivity (Wildman–Crippen MR) is 134 cm³/mol. The van der Waals surface area contributed by atoms with Gasteiger partial charge >= 0.3 is 23.9 Å². The number of carboxylic acids is 1. The van der Waals surface area contributed by atoms with E-state index < -0.39 is 41.4 Å². The molecule has 0 fully saturated rings. The first-order chi connectivity index (χ1) is 16.6. The Morgan fingerprint density at radius 1 is 0.889 bits per heavy atom. The van der Waals surface area contributed by atoms with Crippen LogP contribution in [-0.4, -0.2) is 40.6 Å². The summed E-state index contributed by atoms with van der Waals surface area (Å²) in [7, 11) is 0. The van der Waals surface area contributed by atoms with Crippen molar-refractivity contribution in [2.24, 2.45) is 29.4 Å². The van der Waals surface area contributed by atoms with Crippen molar-refractivity contribution in [3.05, 3.63) is 23.8 Å². The lowest BCUT2D eigenvalue weighted by Gasteiger charge is -2.28. The maximum absolute atomic E-state index is 12.7. The fraction of sp³-hybridized carbons (Fsp3) is 0.630. The topological polar surface area (TPSA) is 142 Å². The minimum atomic E-state index is -1.76. The average Bonchev–Trinajstić information content (AvgIpc) is 2.78. The lowest BCUT2D eigenvalue weighted by Crippen LogP contribution is -2.52. The number of rotatable bonds is 13. The summed E-state index contributed by atoms with van der Waals surface area (Å²) in [5.41, 5.74) is 4.93. The first-order valence-corrected chi connectivity index (χ1v) is 12.4. The minimum absolute atomic E-state index is 0.00695. The molecule has 9 nitrogen and oxygen atoms in total. The molecule has 4 atom stereocenters. The summed E-state index contributed by atoms with van der Waals surface area (Å²) in [6.07, 6.45) is -0.831. The Hall–Kier alpha value is -2.94. The number of nitrogens with two attached hydrogens (primary N) is 1. The second-order valence-corrected chi connectivity index (χ2v) is 10.2. The summed E-state index contributed by atoms with van der Waals surface area (Å²) in [6, 6.07) is 4.49. The number of carboxylic acid groups (broad SMARTS) is 1. The van der Waals surface area contributed by atoms with Gasteiger partial charge in [0, 0.05) is 19.3 Å². The van der Waals surface area contributed by atoms with E-state index in [4.69, 9.17) is 19.9 Å². The Bertz CT molecular complexity index is 942. The Morgan fingerprint density at radius 2 is 1.39 bits per heavy atom. The minimum Gasteiger partial charge on any atom is -0.480 e. The average molecular weight is 508 g/mol. The first kappa shape index (κ1) is 31.1. The Morgan fingerprint density at radius 3 is 1.83 bits per heavy atom. The van der Waals surface area contributed by atoms with E-state index >= 15 is 0 Å². The molecular weight excluding hydrogens is 466 g/mol. The van der Waals surface area contributed by atoms with E-state index in [2.05, 4.69) is 0 Å². The number of aliphatic carboxylic acids is 1. The summed E-state index contributed by atoms with van der Waals surface area (Å²) in [4.78, 5) is 48.9. The van der Waals surface area contributed by atoms with Gasteiger partial charge in [0.25, 0.3) is 0 Å². The van der Waals surface area contributed by atoms with Gasteiger partial charge in [-0.2, -0.15) is 0 Å². The molecule has 3 unspecified atom stereocenters. The van der Waals surface area contributed by atoms with Crippen LogP contribution in [0.25, 0.3) is 0 Å². The maximum atomic E-state index is 12.7. The van der Waals surface area contributed by atoms with Crippen molar-refractivity contribution in [2.45, 2.75) is 86.3 Å². The van der Waals surface area contributed by atoms with E-state index in [1.54, 1.807) is 33.8 Å². The third kappa shape index (κ3) is 8.93. The molecule has 0 aliphatic carbocycles. The molecule has 1 rings (SSSR count). The van der Waals surface area contributed by atoms with Crippen molar-refractivity contribution < 1.29 is 38.5 Å². The molecule has 9 heteroatoms. The standard InChI is InChI=1S/C27H41NO8/c1-9-23(29)34-17(6)13-27(28,26(32)33)14-20-10-11-21(35-24(30)18(7)15(2)3)22(12-20)36-25(31)19(8)16(4)5/h10-12,15-19H,9,13-14,28H2,1-8H3,(H,32,33)/t17-,18?,19?,27?/m0/s1. The Labute approximate surface area is 213 Å². The highest BCUT2D eigenvalue weighted by Gasteiger charge is 2.37. The highest BCUT2D eigenvalue weighted by atomic mass is 16.6. The zero-order chi connectivity index (χ0) is 27.8. The van der Waals surface area contributed by atoms with Crippen LogP contribution < -0.4 is 15.2 Å². The molecule has 0 aliphatic heterocycles. The molecule has 0 spiro atoms. The van der Waals surface area contributed by atoms with Crippen LogP contribution in [0.5, 0.6) is 11.5 Å². The van der Waals surface area contributed by atoms with Crippen LogP contribution in [0.2, 0.25) is 0 Å². The number of esters is 3. The SMILES string of the molecule is CCC(=O)O[C@@H](C)CC(N)(Cc1ccc(OC(=O)C(C)C(C)C)c(OC(=O)C(C)C(C)C)c1)C(=O)O. The molecule has 0 bridgehead atoms. The second-order valence-electron chi connectivity index (χ2n) is 10.2. The van der Waals surface area contributed by atoms with Gasteiger partial charge in [-0.15, -0.1) is 0 Å². The van der Waals surface area contributed by atoms with Crippen LogP contribution in [0.1, 0.15) is 73.8 Å². The zero-order valence-electron chi connectivity index (χ0n) is 22.6. The van der Waals surface area contributed by atoms with Gasteiger partial charge in [-0.1, -0.05) is 54.5 Å². The molecule has 1 aromatic rings. The zero-order valence-corrected chi connectivity index (χ0v) is 22.6. The molecule has 0 heterocycles. The van der Waals surface area contributed by atoms with Crippen molar-refractivity contribution in [3.8, 4) is 11.5 Å². The van der Waals surface area contributed by atoms with E-state index in [0.29, 0.717) is 5.56 Å². The molecule has 3 N–H and O–H groups in total. The normalized spacial score (nSPS) is 15.5. The fourth-order valence-corrected chi connectivity index (χ4v) is 3.24. The van der Waals surface area contributed by atoms with Gasteiger partial charge in [0.2, 0.25) is 0 Å². The number of carbonyl (C=O) groups is 4. The van der Waals surface area contributed by atoms with Crippen molar-refractivity contribution in [3.63, 3.8) is 0 Å². The van der Waals surface area contributed by atoms with Crippen LogP contribution in [0.15, 0.2) is 18.2 Å². The highest BCUT2D eigenvalue weighted by Crippen LogP contribution is 2.33. The van der Waals surface area contributed by atoms with Gasteiger partial charge in [0.15, 0.2) is 11.5 Å². The van der Waals surface area contributed by atoms with E-state index in [-0.39, 0.29) is 48.5 Å². The number of hydrogen-bond acceptors (Lipinski definition) is 8. The number of ether oxygens (including phenoxy) is 3. The van der Waals surface area contributed by atoms with E-state index in [9.17, 15) is 24.3 Å². The van der Waals surface area contributed by atoms with Crippen LogP contribution >= 0.6 is 0 Å². The van der Waals surface area contributed by atoms with Gasteiger partial charge in [-0.3, -0.25) is 19.2 Å². The van der Waals surface area contributed by atoms with Crippen LogP contribution in [0.3, 0.4) is 0 Å². The molecule has 0 amide bonds. The molecule has 0 aliphatic rings. The van der Waals surface area contributed by atoms with E-state index in [1.807, 2.05) is 27.7 Å². The maximum Gasteiger partial charge on any atom is 0.324 e. The molecule has 36 heavy (non-hydrogen) atoms. The lowest BCUT2D eigenvalue weighted by molar-refractivity contribution is -0.153. The summed E-state index contributed by atoms with van der Waals surface area (Å²) in [6.45, 7) is 14.3. The number of benzene rings is 1. The monoisotopic (exact) mass is 507 g/mol. The molecule has 0 saturated carbocycles. The summed E-state index contributed by atoms with van der Waals surface area (Å²) >= 11 is 0. The molecule has 1 aromatic carbocycles. The van der Waals surface area contributed by atoms with Crippen molar-refractivity contribution in [2.75, 3.05) is 0 Å². The molecule has 202 valence electrons.